The maximum absolute atomic E-state index is 9.94. The minimum absolute atomic E-state index is 0.148. The van der Waals surface area contributed by atoms with Crippen LogP contribution in [0.1, 0.15) is 11.4 Å². The fourth-order valence-corrected chi connectivity index (χ4v) is 2.31. The van der Waals surface area contributed by atoms with E-state index in [0.717, 1.165) is 22.5 Å². The van der Waals surface area contributed by atoms with Crippen LogP contribution in [-0.4, -0.2) is 20.2 Å². The summed E-state index contributed by atoms with van der Waals surface area (Å²) in [5.74, 6) is 0.296. The minimum atomic E-state index is 0.148. The highest BCUT2D eigenvalue weighted by Gasteiger charge is 2.09. The maximum Gasteiger partial charge on any atom is 0.141 e. The Kier molecular flexibility index (Phi) is 3.51. The van der Waals surface area contributed by atoms with Crippen LogP contribution in [0.3, 0.4) is 0 Å². The summed E-state index contributed by atoms with van der Waals surface area (Å²) in [6, 6.07) is 14.3. The Balaban J connectivity index is 2.03. The van der Waals surface area contributed by atoms with E-state index in [0.29, 0.717) is 11.4 Å². The Morgan fingerprint density at radius 2 is 0.955 bits per heavy atom. The van der Waals surface area contributed by atoms with Gasteiger partial charge in [0.25, 0.3) is 0 Å². The second-order valence-corrected chi connectivity index (χ2v) is 5.22. The van der Waals surface area contributed by atoms with Gasteiger partial charge in [-0.15, -0.1) is 0 Å². The Morgan fingerprint density at radius 1 is 0.591 bits per heavy atom. The Hall–Kier alpha value is -2.88. The van der Waals surface area contributed by atoms with Crippen LogP contribution in [0.25, 0.3) is 22.5 Å². The molecule has 0 saturated heterocycles. The third-order valence-electron chi connectivity index (χ3n) is 3.46. The molecule has 3 aromatic rings. The number of aryl methyl sites for hydroxylation is 2. The summed E-state index contributed by atoms with van der Waals surface area (Å²) in [5, 5.41) is 19.9. The average Bonchev–Trinajstić information content (AvgIpc) is 2.52. The maximum atomic E-state index is 9.94. The lowest BCUT2D eigenvalue weighted by Gasteiger charge is -2.08. The number of rotatable bonds is 2. The van der Waals surface area contributed by atoms with Gasteiger partial charge < -0.3 is 10.2 Å². The third kappa shape index (κ3) is 2.63. The summed E-state index contributed by atoms with van der Waals surface area (Å²) in [6.07, 6.45) is 0. The highest BCUT2D eigenvalue weighted by atomic mass is 16.3. The number of aromatic hydroxyl groups is 2. The lowest BCUT2D eigenvalue weighted by Crippen LogP contribution is -1.90. The molecule has 0 aliphatic rings. The number of hydrogen-bond acceptors (Lipinski definition) is 4. The van der Waals surface area contributed by atoms with E-state index in [1.165, 1.54) is 0 Å². The van der Waals surface area contributed by atoms with Gasteiger partial charge in [0.1, 0.15) is 22.9 Å². The molecule has 0 fully saturated rings. The van der Waals surface area contributed by atoms with Gasteiger partial charge in [-0.3, -0.25) is 0 Å². The van der Waals surface area contributed by atoms with Crippen molar-refractivity contribution < 1.29 is 10.2 Å². The number of pyridine rings is 2. The molecule has 2 heterocycles. The number of aromatic nitrogens is 2. The topological polar surface area (TPSA) is 66.2 Å². The van der Waals surface area contributed by atoms with Crippen LogP contribution in [-0.2, 0) is 0 Å². The van der Waals surface area contributed by atoms with Crippen LogP contribution in [0, 0.1) is 13.8 Å². The van der Waals surface area contributed by atoms with Crippen molar-refractivity contribution in [3.63, 3.8) is 0 Å². The van der Waals surface area contributed by atoms with E-state index in [2.05, 4.69) is 9.97 Å². The lowest BCUT2D eigenvalue weighted by molar-refractivity contribution is 0.474. The summed E-state index contributed by atoms with van der Waals surface area (Å²) in [6.45, 7) is 3.76. The molecule has 0 bridgehead atoms. The number of hydrogen-bond donors (Lipinski definition) is 2. The molecule has 2 aromatic heterocycles. The quantitative estimate of drug-likeness (QED) is 0.753. The van der Waals surface area contributed by atoms with Crippen molar-refractivity contribution in [3.05, 3.63) is 59.9 Å². The molecule has 2 N–H and O–H groups in total. The van der Waals surface area contributed by atoms with Crippen LogP contribution in [0.15, 0.2) is 48.5 Å². The van der Waals surface area contributed by atoms with Crippen molar-refractivity contribution in [2.24, 2.45) is 0 Å². The molecule has 3 rings (SSSR count). The van der Waals surface area contributed by atoms with E-state index in [4.69, 9.17) is 0 Å². The molecule has 22 heavy (non-hydrogen) atoms. The second kappa shape index (κ2) is 5.48. The summed E-state index contributed by atoms with van der Waals surface area (Å²) in [5.41, 5.74) is 4.42. The van der Waals surface area contributed by atoms with Crippen molar-refractivity contribution in [1.82, 2.24) is 9.97 Å². The lowest BCUT2D eigenvalue weighted by atomic mass is 10.0. The summed E-state index contributed by atoms with van der Waals surface area (Å²) < 4.78 is 0. The van der Waals surface area contributed by atoms with Gasteiger partial charge in [-0.25, -0.2) is 9.97 Å². The predicted molar refractivity (Wildman–Crippen MR) is 85.7 cm³/mol. The molecule has 4 nitrogen and oxygen atoms in total. The van der Waals surface area contributed by atoms with E-state index >= 15 is 0 Å². The normalized spacial score (nSPS) is 10.6. The molecular weight excluding hydrogens is 276 g/mol. The first-order chi connectivity index (χ1) is 10.5. The highest BCUT2D eigenvalue weighted by Crippen LogP contribution is 2.31. The minimum Gasteiger partial charge on any atom is -0.506 e. The first-order valence-corrected chi connectivity index (χ1v) is 6.98. The van der Waals surface area contributed by atoms with Gasteiger partial charge in [-0.1, -0.05) is 24.3 Å². The summed E-state index contributed by atoms with van der Waals surface area (Å²) >= 11 is 0. The Morgan fingerprint density at radius 3 is 1.32 bits per heavy atom. The number of nitrogens with zero attached hydrogens (tertiary/aromatic N) is 2. The summed E-state index contributed by atoms with van der Waals surface area (Å²) in [7, 11) is 0. The third-order valence-corrected chi connectivity index (χ3v) is 3.46. The number of benzene rings is 1. The van der Waals surface area contributed by atoms with Gasteiger partial charge in [0.05, 0.1) is 0 Å². The van der Waals surface area contributed by atoms with Gasteiger partial charge in [0, 0.05) is 22.5 Å². The first kappa shape index (κ1) is 14.1. The predicted octanol–water partition coefficient (Wildman–Crippen LogP) is 3.84. The fourth-order valence-electron chi connectivity index (χ4n) is 2.31. The molecule has 0 radical (unpaired) electrons. The van der Waals surface area contributed by atoms with Crippen LogP contribution in [0.2, 0.25) is 0 Å². The summed E-state index contributed by atoms with van der Waals surface area (Å²) in [4.78, 5) is 8.72. The van der Waals surface area contributed by atoms with Crippen molar-refractivity contribution in [2.75, 3.05) is 0 Å². The van der Waals surface area contributed by atoms with Gasteiger partial charge in [0.2, 0.25) is 0 Å². The van der Waals surface area contributed by atoms with Crippen LogP contribution >= 0.6 is 0 Å². The molecule has 110 valence electrons. The van der Waals surface area contributed by atoms with E-state index in [1.54, 1.807) is 24.3 Å². The molecule has 0 amide bonds. The highest BCUT2D eigenvalue weighted by molar-refractivity contribution is 5.72. The van der Waals surface area contributed by atoms with Crippen molar-refractivity contribution in [3.8, 4) is 34.0 Å². The van der Waals surface area contributed by atoms with Crippen molar-refractivity contribution in [2.45, 2.75) is 13.8 Å². The van der Waals surface area contributed by atoms with E-state index in [-0.39, 0.29) is 11.5 Å². The smallest absolute Gasteiger partial charge is 0.141 e. The largest absolute Gasteiger partial charge is 0.506 e. The van der Waals surface area contributed by atoms with Gasteiger partial charge in [0.15, 0.2) is 0 Å². The molecule has 0 aliphatic carbocycles. The van der Waals surface area contributed by atoms with Gasteiger partial charge in [-0.05, 0) is 38.1 Å². The van der Waals surface area contributed by atoms with Gasteiger partial charge >= 0.3 is 0 Å². The second-order valence-electron chi connectivity index (χ2n) is 5.22. The molecule has 0 spiro atoms. The van der Waals surface area contributed by atoms with Gasteiger partial charge in [-0.2, -0.15) is 0 Å². The van der Waals surface area contributed by atoms with Crippen LogP contribution in [0.5, 0.6) is 11.5 Å². The molecule has 4 heteroatoms. The zero-order valence-corrected chi connectivity index (χ0v) is 12.4. The zero-order chi connectivity index (χ0) is 15.7. The first-order valence-electron chi connectivity index (χ1n) is 6.98. The van der Waals surface area contributed by atoms with Crippen LogP contribution < -0.4 is 0 Å². The molecule has 0 atom stereocenters. The van der Waals surface area contributed by atoms with E-state index < -0.39 is 0 Å². The average molecular weight is 292 g/mol. The van der Waals surface area contributed by atoms with Crippen molar-refractivity contribution >= 4 is 0 Å². The zero-order valence-electron chi connectivity index (χ0n) is 12.4. The monoisotopic (exact) mass is 292 g/mol. The molecule has 0 aliphatic heterocycles. The fraction of sp³-hybridized carbons (Fsp3) is 0.111. The van der Waals surface area contributed by atoms with E-state index in [9.17, 15) is 10.2 Å². The SMILES string of the molecule is Cc1ccc(O)c(-c2ccc(-c3nc(C)ccc3O)cc2)n1. The molecule has 1 aromatic carbocycles. The molecular formula is C18H16N2O2. The standard InChI is InChI=1S/C18H16N2O2/c1-11-3-9-15(21)17(19-11)13-5-7-14(8-6-13)18-16(22)10-4-12(2)20-18/h3-10,21-22H,1-2H3. The molecule has 0 saturated carbocycles. The molecule has 0 unspecified atom stereocenters. The Labute approximate surface area is 128 Å². The van der Waals surface area contributed by atoms with Crippen LogP contribution in [0.4, 0.5) is 0 Å². The van der Waals surface area contributed by atoms with E-state index in [1.807, 2.05) is 38.1 Å². The Bertz CT molecular complexity index is 756. The van der Waals surface area contributed by atoms with Crippen molar-refractivity contribution in [1.29, 1.82) is 0 Å².